The van der Waals surface area contributed by atoms with Crippen molar-refractivity contribution >= 4 is 41.0 Å². The highest BCUT2D eigenvalue weighted by atomic mass is 127. The van der Waals surface area contributed by atoms with Crippen LogP contribution in [-0.4, -0.2) is 28.6 Å². The van der Waals surface area contributed by atoms with Gasteiger partial charge in [0.25, 0.3) is 0 Å². The van der Waals surface area contributed by atoms with Crippen molar-refractivity contribution in [1.29, 1.82) is 0 Å². The van der Waals surface area contributed by atoms with Crippen molar-refractivity contribution < 1.29 is 0 Å². The van der Waals surface area contributed by atoms with Crippen LogP contribution in [0.1, 0.15) is 19.2 Å². The zero-order valence-corrected chi connectivity index (χ0v) is 15.0. The third-order valence-corrected chi connectivity index (χ3v) is 3.95. The molecule has 3 rings (SSSR count). The summed E-state index contributed by atoms with van der Waals surface area (Å²) in [6.07, 6.45) is 1.23. The van der Waals surface area contributed by atoms with Crippen LogP contribution in [0.4, 0.5) is 0 Å². The Bertz CT molecular complexity index is 649. The molecule has 1 heterocycles. The molecule has 0 spiro atoms. The molecule has 0 saturated heterocycles. The second-order valence-corrected chi connectivity index (χ2v) is 5.47. The van der Waals surface area contributed by atoms with Crippen molar-refractivity contribution in [2.45, 2.75) is 25.9 Å². The van der Waals surface area contributed by atoms with Crippen LogP contribution in [0.25, 0.3) is 11.0 Å². The predicted octanol–water partition coefficient (Wildman–Crippen LogP) is 2.26. The van der Waals surface area contributed by atoms with Crippen LogP contribution in [0, 0.1) is 5.92 Å². The Kier molecular flexibility index (Phi) is 5.08. The molecular weight excluding hydrogens is 377 g/mol. The van der Waals surface area contributed by atoms with E-state index in [1.54, 1.807) is 7.05 Å². The quantitative estimate of drug-likeness (QED) is 0.473. The lowest BCUT2D eigenvalue weighted by atomic mass is 10.3. The first-order chi connectivity index (χ1) is 9.69. The molecule has 2 N–H and O–H groups in total. The summed E-state index contributed by atoms with van der Waals surface area (Å²) < 4.78 is 2.12. The maximum atomic E-state index is 4.65. The van der Waals surface area contributed by atoms with Crippen LogP contribution in [0.15, 0.2) is 29.3 Å². The highest BCUT2D eigenvalue weighted by Crippen LogP contribution is 2.28. The molecule has 0 amide bonds. The molecule has 2 aromatic rings. The van der Waals surface area contributed by atoms with Crippen molar-refractivity contribution in [1.82, 2.24) is 20.2 Å². The van der Waals surface area contributed by atoms with E-state index in [1.807, 2.05) is 25.2 Å². The van der Waals surface area contributed by atoms with Crippen LogP contribution < -0.4 is 10.6 Å². The number of para-hydroxylation sites is 2. The van der Waals surface area contributed by atoms with Gasteiger partial charge < -0.3 is 15.2 Å². The van der Waals surface area contributed by atoms with Crippen molar-refractivity contribution in [2.75, 3.05) is 7.05 Å². The fourth-order valence-electron chi connectivity index (χ4n) is 2.41. The molecule has 114 valence electrons. The normalized spacial score (nSPS) is 21.0. The smallest absolute Gasteiger partial charge is 0.191 e. The summed E-state index contributed by atoms with van der Waals surface area (Å²) in [6.45, 7) is 2.92. The Morgan fingerprint density at radius 1 is 1.43 bits per heavy atom. The summed E-state index contributed by atoms with van der Waals surface area (Å²) in [5.74, 6) is 2.62. The van der Waals surface area contributed by atoms with Crippen LogP contribution in [0.5, 0.6) is 0 Å². The van der Waals surface area contributed by atoms with Gasteiger partial charge in [-0.25, -0.2) is 4.98 Å². The van der Waals surface area contributed by atoms with Gasteiger partial charge in [-0.3, -0.25) is 4.99 Å². The van der Waals surface area contributed by atoms with Gasteiger partial charge in [-0.15, -0.1) is 24.0 Å². The molecule has 1 aliphatic rings. The first-order valence-corrected chi connectivity index (χ1v) is 7.06. The monoisotopic (exact) mass is 399 g/mol. The van der Waals surface area contributed by atoms with E-state index in [2.05, 4.69) is 38.2 Å². The first-order valence-electron chi connectivity index (χ1n) is 7.06. The summed E-state index contributed by atoms with van der Waals surface area (Å²) >= 11 is 0. The van der Waals surface area contributed by atoms with E-state index in [9.17, 15) is 0 Å². The summed E-state index contributed by atoms with van der Waals surface area (Å²) in [5.41, 5.74) is 2.19. The number of imidazole rings is 1. The molecule has 0 radical (unpaired) electrons. The minimum atomic E-state index is 0. The highest BCUT2D eigenvalue weighted by molar-refractivity contribution is 14.0. The fourth-order valence-corrected chi connectivity index (χ4v) is 2.41. The topological polar surface area (TPSA) is 54.2 Å². The van der Waals surface area contributed by atoms with Crippen LogP contribution in [0.3, 0.4) is 0 Å². The molecule has 5 nitrogen and oxygen atoms in total. The second kappa shape index (κ2) is 6.64. The number of nitrogens with zero attached hydrogens (tertiary/aromatic N) is 3. The van der Waals surface area contributed by atoms with Gasteiger partial charge in [-0.05, 0) is 24.5 Å². The average Bonchev–Trinajstić information content (AvgIpc) is 3.06. The van der Waals surface area contributed by atoms with E-state index < -0.39 is 0 Å². The average molecular weight is 399 g/mol. The van der Waals surface area contributed by atoms with Crippen molar-refractivity contribution in [3.05, 3.63) is 30.1 Å². The third-order valence-electron chi connectivity index (χ3n) is 3.95. The molecule has 2 unspecified atom stereocenters. The minimum Gasteiger partial charge on any atom is -0.353 e. The third kappa shape index (κ3) is 3.48. The SMILES string of the molecule is CN=C(NCc1nc2ccccc2n1C)NC1CC1C.I. The van der Waals surface area contributed by atoms with Crippen LogP contribution in [0.2, 0.25) is 0 Å². The molecule has 1 aliphatic carbocycles. The van der Waals surface area contributed by atoms with Gasteiger partial charge in [0, 0.05) is 20.1 Å². The molecule has 0 aliphatic heterocycles. The predicted molar refractivity (Wildman–Crippen MR) is 97.0 cm³/mol. The van der Waals surface area contributed by atoms with E-state index in [1.165, 1.54) is 6.42 Å². The molecule has 1 saturated carbocycles. The van der Waals surface area contributed by atoms with Crippen LogP contribution in [-0.2, 0) is 13.6 Å². The lowest BCUT2D eigenvalue weighted by Gasteiger charge is -2.11. The van der Waals surface area contributed by atoms with Crippen molar-refractivity contribution in [3.8, 4) is 0 Å². The molecule has 0 bridgehead atoms. The summed E-state index contributed by atoms with van der Waals surface area (Å²) in [5, 5.41) is 6.75. The maximum absolute atomic E-state index is 4.65. The number of aromatic nitrogens is 2. The largest absolute Gasteiger partial charge is 0.353 e. The summed E-state index contributed by atoms with van der Waals surface area (Å²) in [4.78, 5) is 8.90. The molecule has 2 atom stereocenters. The number of halogens is 1. The van der Waals surface area contributed by atoms with Gasteiger partial charge >= 0.3 is 0 Å². The Balaban J connectivity index is 0.00000161. The number of aryl methyl sites for hydroxylation is 1. The van der Waals surface area contributed by atoms with Crippen molar-refractivity contribution in [3.63, 3.8) is 0 Å². The number of hydrogen-bond donors (Lipinski definition) is 2. The summed E-state index contributed by atoms with van der Waals surface area (Å²) in [6, 6.07) is 8.75. The minimum absolute atomic E-state index is 0. The Morgan fingerprint density at radius 3 is 2.76 bits per heavy atom. The standard InChI is InChI=1S/C15H21N5.HI/c1-10-8-12(10)19-15(16-2)17-9-14-18-11-6-4-5-7-13(11)20(14)3;/h4-7,10,12H,8-9H2,1-3H3,(H2,16,17,19);1H. The fraction of sp³-hybridized carbons (Fsp3) is 0.467. The Labute approximate surface area is 142 Å². The number of guanidine groups is 1. The van der Waals surface area contributed by atoms with E-state index in [0.717, 1.165) is 28.7 Å². The molecule has 1 fully saturated rings. The number of fused-ring (bicyclic) bond motifs is 1. The number of rotatable bonds is 3. The number of hydrogen-bond acceptors (Lipinski definition) is 2. The molecule has 1 aromatic heterocycles. The van der Waals surface area contributed by atoms with E-state index >= 15 is 0 Å². The van der Waals surface area contributed by atoms with Gasteiger partial charge in [0.15, 0.2) is 5.96 Å². The number of nitrogens with one attached hydrogen (secondary N) is 2. The Morgan fingerprint density at radius 2 is 2.14 bits per heavy atom. The molecule has 21 heavy (non-hydrogen) atoms. The number of aliphatic imine (C=N–C) groups is 1. The lowest BCUT2D eigenvalue weighted by molar-refractivity contribution is 0.722. The molecule has 6 heteroatoms. The van der Waals surface area contributed by atoms with Gasteiger partial charge in [-0.2, -0.15) is 0 Å². The highest BCUT2D eigenvalue weighted by Gasteiger charge is 2.33. The number of benzene rings is 1. The van der Waals surface area contributed by atoms with Crippen molar-refractivity contribution in [2.24, 2.45) is 18.0 Å². The van der Waals surface area contributed by atoms with E-state index in [4.69, 9.17) is 0 Å². The second-order valence-electron chi connectivity index (χ2n) is 5.47. The Hall–Kier alpha value is -1.31. The maximum Gasteiger partial charge on any atom is 0.191 e. The zero-order chi connectivity index (χ0) is 14.1. The van der Waals surface area contributed by atoms with Gasteiger partial charge in [0.05, 0.1) is 17.6 Å². The van der Waals surface area contributed by atoms with Gasteiger partial charge in [0.1, 0.15) is 5.82 Å². The first kappa shape index (κ1) is 16.1. The van der Waals surface area contributed by atoms with Crippen LogP contribution >= 0.6 is 24.0 Å². The molecular formula is C15H22IN5. The van der Waals surface area contributed by atoms with Gasteiger partial charge in [0.2, 0.25) is 0 Å². The summed E-state index contributed by atoms with van der Waals surface area (Å²) in [7, 11) is 3.85. The zero-order valence-electron chi connectivity index (χ0n) is 12.6. The van der Waals surface area contributed by atoms with E-state index in [0.29, 0.717) is 12.6 Å². The van der Waals surface area contributed by atoms with Gasteiger partial charge in [-0.1, -0.05) is 19.1 Å². The van der Waals surface area contributed by atoms with E-state index in [-0.39, 0.29) is 24.0 Å². The lowest BCUT2D eigenvalue weighted by Crippen LogP contribution is -2.39. The molecule has 1 aromatic carbocycles.